The molecule has 2 aromatic heterocycles. The van der Waals surface area contributed by atoms with Crippen molar-refractivity contribution in [2.24, 2.45) is 0 Å². The molecule has 1 aliphatic rings. The Morgan fingerprint density at radius 3 is 3.22 bits per heavy atom. The van der Waals surface area contributed by atoms with E-state index in [1.54, 1.807) is 6.20 Å². The lowest BCUT2D eigenvalue weighted by molar-refractivity contribution is 0.434. The van der Waals surface area contributed by atoms with Gasteiger partial charge in [-0.3, -0.25) is 5.10 Å². The van der Waals surface area contributed by atoms with Crippen LogP contribution in [0.25, 0.3) is 10.9 Å². The molecule has 18 heavy (non-hydrogen) atoms. The first-order valence-electron chi connectivity index (χ1n) is 5.72. The van der Waals surface area contributed by atoms with Crippen molar-refractivity contribution in [3.05, 3.63) is 54.0 Å². The molecule has 0 aliphatic carbocycles. The number of allylic oxidation sites excluding steroid dienone is 1. The smallest absolute Gasteiger partial charge is 0.232 e. The normalized spacial score (nSPS) is 17.7. The van der Waals surface area contributed by atoms with Crippen LogP contribution >= 0.6 is 0 Å². The highest BCUT2D eigenvalue weighted by Crippen LogP contribution is 2.35. The van der Waals surface area contributed by atoms with Gasteiger partial charge >= 0.3 is 0 Å². The Kier molecular flexibility index (Phi) is 1.82. The van der Waals surface area contributed by atoms with Crippen LogP contribution in [0.4, 0.5) is 5.88 Å². The van der Waals surface area contributed by atoms with E-state index >= 15 is 0 Å². The van der Waals surface area contributed by atoms with Gasteiger partial charge < -0.3 is 9.84 Å². The third-order valence-electron chi connectivity index (χ3n) is 3.26. The first-order chi connectivity index (χ1) is 8.92. The van der Waals surface area contributed by atoms with Gasteiger partial charge in [-0.1, -0.05) is 17.3 Å². The molecule has 5 nitrogen and oxygen atoms in total. The summed E-state index contributed by atoms with van der Waals surface area (Å²) < 4.78 is 5.15. The van der Waals surface area contributed by atoms with Crippen molar-refractivity contribution in [1.82, 2.24) is 15.4 Å². The number of H-pyrrole nitrogens is 1. The topological polar surface area (TPSA) is 66.7 Å². The van der Waals surface area contributed by atoms with Crippen LogP contribution in [0.15, 0.2) is 47.4 Å². The number of benzene rings is 1. The van der Waals surface area contributed by atoms with E-state index in [-0.39, 0.29) is 5.92 Å². The van der Waals surface area contributed by atoms with Gasteiger partial charge in [0, 0.05) is 23.1 Å². The maximum Gasteiger partial charge on any atom is 0.232 e. The van der Waals surface area contributed by atoms with E-state index in [4.69, 9.17) is 4.52 Å². The van der Waals surface area contributed by atoms with Gasteiger partial charge in [0.05, 0.1) is 17.9 Å². The second-order valence-corrected chi connectivity index (χ2v) is 4.31. The molecule has 1 aromatic carbocycles. The fourth-order valence-electron chi connectivity index (χ4n) is 2.35. The highest BCUT2D eigenvalue weighted by atomic mass is 16.5. The predicted molar refractivity (Wildman–Crippen MR) is 67.2 cm³/mol. The van der Waals surface area contributed by atoms with E-state index in [0.717, 1.165) is 22.4 Å². The van der Waals surface area contributed by atoms with Crippen LogP contribution in [0.5, 0.6) is 0 Å². The number of nitrogens with one attached hydrogen (secondary N) is 2. The van der Waals surface area contributed by atoms with Crippen LogP contribution in [0, 0.1) is 0 Å². The Hall–Kier alpha value is -2.56. The fourth-order valence-corrected chi connectivity index (χ4v) is 2.35. The Morgan fingerprint density at radius 2 is 2.22 bits per heavy atom. The van der Waals surface area contributed by atoms with Crippen LogP contribution in [-0.4, -0.2) is 15.4 Å². The van der Waals surface area contributed by atoms with E-state index in [0.29, 0.717) is 0 Å². The number of nitrogens with zero attached hydrogens (tertiary/aromatic N) is 2. The van der Waals surface area contributed by atoms with Gasteiger partial charge in [-0.05, 0) is 17.7 Å². The molecule has 5 heteroatoms. The summed E-state index contributed by atoms with van der Waals surface area (Å²) in [6.45, 7) is 0. The minimum absolute atomic E-state index is 0.173. The molecule has 0 radical (unpaired) electrons. The zero-order chi connectivity index (χ0) is 11.9. The molecule has 3 aromatic rings. The first kappa shape index (κ1) is 9.47. The monoisotopic (exact) mass is 238 g/mol. The van der Waals surface area contributed by atoms with Gasteiger partial charge in [0.2, 0.25) is 5.88 Å². The van der Waals surface area contributed by atoms with Crippen molar-refractivity contribution in [1.29, 1.82) is 0 Å². The molecule has 1 aliphatic heterocycles. The van der Waals surface area contributed by atoms with Gasteiger partial charge in [0.15, 0.2) is 0 Å². The minimum atomic E-state index is 0.173. The third kappa shape index (κ3) is 1.27. The van der Waals surface area contributed by atoms with Crippen molar-refractivity contribution >= 4 is 16.8 Å². The van der Waals surface area contributed by atoms with E-state index in [1.165, 1.54) is 5.56 Å². The summed E-state index contributed by atoms with van der Waals surface area (Å²) in [6, 6.07) is 6.27. The highest BCUT2D eigenvalue weighted by Gasteiger charge is 2.21. The van der Waals surface area contributed by atoms with Gasteiger partial charge in [0.25, 0.3) is 0 Å². The quantitative estimate of drug-likeness (QED) is 0.683. The van der Waals surface area contributed by atoms with Crippen molar-refractivity contribution in [2.75, 3.05) is 5.32 Å². The molecule has 4 rings (SSSR count). The van der Waals surface area contributed by atoms with Crippen molar-refractivity contribution < 1.29 is 4.52 Å². The first-order valence-corrected chi connectivity index (χ1v) is 5.72. The van der Waals surface area contributed by atoms with Crippen LogP contribution < -0.4 is 5.32 Å². The van der Waals surface area contributed by atoms with Crippen LogP contribution in [0.3, 0.4) is 0 Å². The molecular formula is C13H10N4O. The number of hydrogen-bond acceptors (Lipinski definition) is 4. The summed E-state index contributed by atoms with van der Waals surface area (Å²) in [5, 5.41) is 15.0. The Bertz CT molecular complexity index is 740. The Morgan fingerprint density at radius 1 is 1.22 bits per heavy atom. The number of rotatable bonds is 1. The second-order valence-electron chi connectivity index (χ2n) is 4.31. The Balaban J connectivity index is 1.87. The van der Waals surface area contributed by atoms with Gasteiger partial charge in [-0.25, -0.2) is 0 Å². The summed E-state index contributed by atoms with van der Waals surface area (Å²) in [5.41, 5.74) is 3.30. The zero-order valence-corrected chi connectivity index (χ0v) is 9.42. The molecule has 0 amide bonds. The SMILES string of the molecule is C1=CC(c2ccc3[nH]ncc3c2)c2cnoc2N1. The molecule has 0 fully saturated rings. The standard InChI is InChI=1S/C13H10N4O/c1-2-12-9(6-15-17-12)5-8(1)10-3-4-14-13-11(10)7-16-18-13/h1-7,10,14H,(H,15,17). The lowest BCUT2D eigenvalue weighted by Crippen LogP contribution is -2.05. The number of aromatic nitrogens is 3. The van der Waals surface area contributed by atoms with Gasteiger partial charge in [-0.15, -0.1) is 0 Å². The molecule has 1 atom stereocenters. The average Bonchev–Trinajstić information content (AvgIpc) is 3.05. The molecule has 0 saturated carbocycles. The molecule has 2 N–H and O–H groups in total. The van der Waals surface area contributed by atoms with Crippen LogP contribution in [0.1, 0.15) is 17.0 Å². The lowest BCUT2D eigenvalue weighted by Gasteiger charge is -2.16. The number of aromatic amines is 1. The van der Waals surface area contributed by atoms with Gasteiger partial charge in [0.1, 0.15) is 0 Å². The average molecular weight is 238 g/mol. The Labute approximate surface area is 102 Å². The van der Waals surface area contributed by atoms with Crippen LogP contribution in [0.2, 0.25) is 0 Å². The molecular weight excluding hydrogens is 228 g/mol. The summed E-state index contributed by atoms with van der Waals surface area (Å²) in [4.78, 5) is 0. The van der Waals surface area contributed by atoms with Crippen LogP contribution in [-0.2, 0) is 0 Å². The maximum absolute atomic E-state index is 5.15. The summed E-state index contributed by atoms with van der Waals surface area (Å²) in [5.74, 6) is 0.890. The summed E-state index contributed by atoms with van der Waals surface area (Å²) in [7, 11) is 0. The molecule has 1 unspecified atom stereocenters. The van der Waals surface area contributed by atoms with Crippen molar-refractivity contribution in [3.8, 4) is 0 Å². The third-order valence-corrected chi connectivity index (χ3v) is 3.26. The number of fused-ring (bicyclic) bond motifs is 2. The van der Waals surface area contributed by atoms with E-state index in [2.05, 4.69) is 38.9 Å². The summed E-state index contributed by atoms with van der Waals surface area (Å²) in [6.07, 6.45) is 7.58. The number of hydrogen-bond donors (Lipinski definition) is 2. The van der Waals surface area contributed by atoms with Gasteiger partial charge in [-0.2, -0.15) is 5.10 Å². The second kappa shape index (κ2) is 3.46. The highest BCUT2D eigenvalue weighted by molar-refractivity contribution is 5.79. The lowest BCUT2D eigenvalue weighted by atomic mass is 9.91. The predicted octanol–water partition coefficient (Wildman–Crippen LogP) is 2.62. The van der Waals surface area contributed by atoms with Crippen molar-refractivity contribution in [2.45, 2.75) is 5.92 Å². The van der Waals surface area contributed by atoms with E-state index < -0.39 is 0 Å². The maximum atomic E-state index is 5.15. The van der Waals surface area contributed by atoms with Crippen molar-refractivity contribution in [3.63, 3.8) is 0 Å². The molecule has 0 saturated heterocycles. The molecule has 0 bridgehead atoms. The zero-order valence-electron chi connectivity index (χ0n) is 9.42. The van der Waals surface area contributed by atoms with E-state index in [1.807, 2.05) is 18.5 Å². The summed E-state index contributed by atoms with van der Waals surface area (Å²) >= 11 is 0. The molecule has 3 heterocycles. The molecule has 0 spiro atoms. The molecule has 88 valence electrons. The fraction of sp³-hybridized carbons (Fsp3) is 0.0769. The number of anilines is 1. The van der Waals surface area contributed by atoms with E-state index in [9.17, 15) is 0 Å². The largest absolute Gasteiger partial charge is 0.338 e. The minimum Gasteiger partial charge on any atom is -0.338 e.